The Labute approximate surface area is 159 Å². The maximum Gasteiger partial charge on any atom is 0.280 e. The summed E-state index contributed by atoms with van der Waals surface area (Å²) in [7, 11) is -3.43. The molecule has 0 atom stereocenters. The zero-order valence-electron chi connectivity index (χ0n) is 15.4. The van der Waals surface area contributed by atoms with E-state index in [0.29, 0.717) is 32.1 Å². The van der Waals surface area contributed by atoms with Crippen LogP contribution >= 0.6 is 0 Å². The highest BCUT2D eigenvalue weighted by atomic mass is 32.2. The van der Waals surface area contributed by atoms with Gasteiger partial charge in [-0.3, -0.25) is 0 Å². The number of fused-ring (bicyclic) bond motifs is 1. The third kappa shape index (κ3) is 3.11. The van der Waals surface area contributed by atoms with Crippen molar-refractivity contribution in [3.63, 3.8) is 0 Å². The molecule has 0 aromatic carbocycles. The molecule has 3 aliphatic rings. The van der Waals surface area contributed by atoms with Crippen LogP contribution in [0.15, 0.2) is 18.6 Å². The van der Waals surface area contributed by atoms with Crippen LogP contribution in [0.1, 0.15) is 38.5 Å². The van der Waals surface area contributed by atoms with E-state index in [0.717, 1.165) is 36.1 Å². The van der Waals surface area contributed by atoms with Gasteiger partial charge < -0.3 is 9.88 Å². The first kappa shape index (κ1) is 17.4. The summed E-state index contributed by atoms with van der Waals surface area (Å²) in [6.45, 7) is 2.38. The van der Waals surface area contributed by atoms with Gasteiger partial charge in [0.2, 0.25) is 0 Å². The van der Waals surface area contributed by atoms with Crippen molar-refractivity contribution in [2.24, 2.45) is 5.92 Å². The molecule has 0 amide bonds. The van der Waals surface area contributed by atoms with Crippen LogP contribution in [0.4, 0.5) is 5.82 Å². The second kappa shape index (κ2) is 6.42. The van der Waals surface area contributed by atoms with E-state index >= 15 is 0 Å². The Bertz CT molecular complexity index is 934. The molecule has 5 rings (SSSR count). The normalized spacial score (nSPS) is 23.0. The minimum absolute atomic E-state index is 0.284. The zero-order valence-corrected chi connectivity index (χ0v) is 16.2. The standard InChI is InChI=1S/C18H26N6O2S/c25-27(26,22-9-4-14-2-1-3-14)24-11-10-23(12-18(24)6-7-18)17-15-5-8-19-16(15)20-13-21-17/h5,8,13-14,22H,1-4,6-7,9-12H2,(H,19,20,21). The smallest absolute Gasteiger partial charge is 0.280 e. The molecule has 2 saturated carbocycles. The molecule has 1 aliphatic heterocycles. The van der Waals surface area contributed by atoms with Gasteiger partial charge in [0, 0.05) is 32.4 Å². The Morgan fingerprint density at radius 2 is 2.11 bits per heavy atom. The Morgan fingerprint density at radius 3 is 2.85 bits per heavy atom. The molecule has 2 aromatic heterocycles. The summed E-state index contributed by atoms with van der Waals surface area (Å²) in [6, 6.07) is 1.98. The molecule has 1 saturated heterocycles. The van der Waals surface area contributed by atoms with E-state index < -0.39 is 10.2 Å². The average molecular weight is 391 g/mol. The van der Waals surface area contributed by atoms with Crippen LogP contribution in [0.2, 0.25) is 0 Å². The highest BCUT2D eigenvalue weighted by Crippen LogP contribution is 2.46. The molecule has 9 heteroatoms. The predicted molar refractivity (Wildman–Crippen MR) is 104 cm³/mol. The van der Waals surface area contributed by atoms with Crippen molar-refractivity contribution < 1.29 is 8.42 Å². The Balaban J connectivity index is 1.30. The van der Waals surface area contributed by atoms with Crippen molar-refractivity contribution in [3.8, 4) is 0 Å². The van der Waals surface area contributed by atoms with Gasteiger partial charge in [0.15, 0.2) is 0 Å². The first-order chi connectivity index (χ1) is 13.1. The largest absolute Gasteiger partial charge is 0.353 e. The fourth-order valence-electron chi connectivity index (χ4n) is 4.43. The van der Waals surface area contributed by atoms with Crippen LogP contribution in [0.25, 0.3) is 11.0 Å². The topological polar surface area (TPSA) is 94.2 Å². The second-order valence-corrected chi connectivity index (χ2v) is 9.82. The first-order valence-corrected chi connectivity index (χ1v) is 11.3. The SMILES string of the molecule is O=S(=O)(NCCC1CCC1)N1CCN(c2ncnc3[nH]ccc23)CC12CC2. The van der Waals surface area contributed by atoms with E-state index in [2.05, 4.69) is 24.6 Å². The van der Waals surface area contributed by atoms with Crippen LogP contribution in [-0.4, -0.2) is 59.4 Å². The number of H-pyrrole nitrogens is 1. The maximum absolute atomic E-state index is 12.9. The van der Waals surface area contributed by atoms with Crippen LogP contribution in [0.5, 0.6) is 0 Å². The third-order valence-corrected chi connectivity index (χ3v) is 8.12. The summed E-state index contributed by atoms with van der Waals surface area (Å²) in [6.07, 6.45) is 10.00. The van der Waals surface area contributed by atoms with Gasteiger partial charge in [-0.1, -0.05) is 19.3 Å². The lowest BCUT2D eigenvalue weighted by Gasteiger charge is -2.41. The van der Waals surface area contributed by atoms with E-state index in [-0.39, 0.29) is 5.54 Å². The molecule has 2 aliphatic carbocycles. The van der Waals surface area contributed by atoms with Crippen LogP contribution in [0, 0.1) is 5.92 Å². The van der Waals surface area contributed by atoms with Gasteiger partial charge in [0.1, 0.15) is 17.8 Å². The summed E-state index contributed by atoms with van der Waals surface area (Å²) in [4.78, 5) is 14.1. The van der Waals surface area contributed by atoms with Gasteiger partial charge in [-0.15, -0.1) is 0 Å². The van der Waals surface area contributed by atoms with E-state index in [4.69, 9.17) is 0 Å². The fourth-order valence-corrected chi connectivity index (χ4v) is 6.04. The van der Waals surface area contributed by atoms with E-state index in [1.807, 2.05) is 12.3 Å². The number of aromatic amines is 1. The van der Waals surface area contributed by atoms with Crippen LogP contribution in [0.3, 0.4) is 0 Å². The van der Waals surface area contributed by atoms with Crippen LogP contribution < -0.4 is 9.62 Å². The van der Waals surface area contributed by atoms with Gasteiger partial charge in [-0.25, -0.2) is 14.7 Å². The molecule has 3 heterocycles. The van der Waals surface area contributed by atoms with Crippen molar-refractivity contribution >= 4 is 27.1 Å². The summed E-state index contributed by atoms with van der Waals surface area (Å²) < 4.78 is 30.4. The molecule has 1 spiro atoms. The summed E-state index contributed by atoms with van der Waals surface area (Å²) in [5, 5.41) is 0.989. The number of aromatic nitrogens is 3. The number of piperazine rings is 1. The minimum Gasteiger partial charge on any atom is -0.353 e. The second-order valence-electron chi connectivity index (χ2n) is 8.14. The lowest BCUT2D eigenvalue weighted by molar-refractivity contribution is 0.263. The minimum atomic E-state index is -3.43. The Kier molecular flexibility index (Phi) is 4.14. The Hall–Kier alpha value is -1.71. The Morgan fingerprint density at radius 1 is 1.26 bits per heavy atom. The molecular formula is C18H26N6O2S. The number of anilines is 1. The molecule has 146 valence electrons. The predicted octanol–water partition coefficient (Wildman–Crippen LogP) is 1.64. The first-order valence-electron chi connectivity index (χ1n) is 9.88. The number of nitrogens with zero attached hydrogens (tertiary/aromatic N) is 4. The van der Waals surface area contributed by atoms with Crippen molar-refractivity contribution in [2.45, 2.75) is 44.1 Å². The van der Waals surface area contributed by atoms with E-state index in [1.165, 1.54) is 19.3 Å². The zero-order chi connectivity index (χ0) is 18.5. The molecule has 0 bridgehead atoms. The van der Waals surface area contributed by atoms with Crippen molar-refractivity contribution in [2.75, 3.05) is 31.1 Å². The number of nitrogens with one attached hydrogen (secondary N) is 2. The maximum atomic E-state index is 12.9. The quantitative estimate of drug-likeness (QED) is 0.782. The highest BCUT2D eigenvalue weighted by molar-refractivity contribution is 7.87. The number of hydrogen-bond donors (Lipinski definition) is 2. The van der Waals surface area contributed by atoms with Gasteiger partial charge in [-0.05, 0) is 31.2 Å². The van der Waals surface area contributed by atoms with Crippen LogP contribution in [-0.2, 0) is 10.2 Å². The number of hydrogen-bond acceptors (Lipinski definition) is 5. The number of rotatable bonds is 6. The van der Waals surface area contributed by atoms with Gasteiger partial charge >= 0.3 is 0 Å². The van der Waals surface area contributed by atoms with Gasteiger partial charge in [0.25, 0.3) is 10.2 Å². The fraction of sp³-hybridized carbons (Fsp3) is 0.667. The molecule has 0 unspecified atom stereocenters. The van der Waals surface area contributed by atoms with Gasteiger partial charge in [0.05, 0.1) is 10.9 Å². The average Bonchev–Trinajstić information content (AvgIpc) is 3.18. The monoisotopic (exact) mass is 390 g/mol. The van der Waals surface area contributed by atoms with Gasteiger partial charge in [-0.2, -0.15) is 12.7 Å². The van der Waals surface area contributed by atoms with Crippen molar-refractivity contribution in [1.29, 1.82) is 0 Å². The molecular weight excluding hydrogens is 364 g/mol. The van der Waals surface area contributed by atoms with Crippen molar-refractivity contribution in [1.82, 2.24) is 24.0 Å². The van der Waals surface area contributed by atoms with Crippen molar-refractivity contribution in [3.05, 3.63) is 18.6 Å². The summed E-state index contributed by atoms with van der Waals surface area (Å²) in [5.74, 6) is 1.60. The lowest BCUT2D eigenvalue weighted by Crippen LogP contribution is -2.59. The third-order valence-electron chi connectivity index (χ3n) is 6.40. The van der Waals surface area contributed by atoms with E-state index in [1.54, 1.807) is 10.6 Å². The summed E-state index contributed by atoms with van der Waals surface area (Å²) in [5.41, 5.74) is 0.534. The molecule has 3 fully saturated rings. The molecule has 0 radical (unpaired) electrons. The molecule has 8 nitrogen and oxygen atoms in total. The highest BCUT2D eigenvalue weighted by Gasteiger charge is 2.56. The van der Waals surface area contributed by atoms with E-state index in [9.17, 15) is 8.42 Å². The molecule has 27 heavy (non-hydrogen) atoms. The summed E-state index contributed by atoms with van der Waals surface area (Å²) >= 11 is 0. The lowest BCUT2D eigenvalue weighted by atomic mass is 9.83. The molecule has 2 aromatic rings. The molecule has 2 N–H and O–H groups in total.